The molecule has 1 aromatic heterocycles. The summed E-state index contributed by atoms with van der Waals surface area (Å²) >= 11 is 17.0. The molecule has 0 spiro atoms. The van der Waals surface area contributed by atoms with Gasteiger partial charge in [-0.05, 0) is 37.6 Å². The molecule has 0 aliphatic rings. The number of benzene rings is 1. The molecule has 1 heterocycles. The topological polar surface area (TPSA) is 12.0 Å². The largest absolute Gasteiger partial charge is 0.378 e. The van der Waals surface area contributed by atoms with Crippen LogP contribution in [0, 0.1) is 6.92 Å². The van der Waals surface area contributed by atoms with Crippen LogP contribution in [0.3, 0.4) is 0 Å². The molecule has 18 heavy (non-hydrogen) atoms. The summed E-state index contributed by atoms with van der Waals surface area (Å²) in [6.07, 6.45) is 0. The Kier molecular flexibility index (Phi) is 4.59. The van der Waals surface area contributed by atoms with Gasteiger partial charge < -0.3 is 5.32 Å². The third-order valence-corrected chi connectivity index (χ3v) is 4.73. The van der Waals surface area contributed by atoms with Crippen molar-refractivity contribution in [1.82, 2.24) is 0 Å². The highest BCUT2D eigenvalue weighted by Crippen LogP contribution is 2.36. The number of rotatable bonds is 3. The highest BCUT2D eigenvalue weighted by atomic mass is 79.9. The fraction of sp³-hybridized carbons (Fsp3) is 0.231. The van der Waals surface area contributed by atoms with E-state index in [1.54, 1.807) is 0 Å². The molecular formula is C13H12BrCl2NS. The molecule has 2 aromatic rings. The number of nitrogens with one attached hydrogen (secondary N) is 1. The molecule has 1 unspecified atom stereocenters. The minimum atomic E-state index is 0.120. The Morgan fingerprint density at radius 3 is 2.61 bits per heavy atom. The van der Waals surface area contributed by atoms with Crippen molar-refractivity contribution in [2.45, 2.75) is 19.9 Å². The van der Waals surface area contributed by atoms with E-state index < -0.39 is 0 Å². The van der Waals surface area contributed by atoms with Crippen LogP contribution in [-0.2, 0) is 0 Å². The van der Waals surface area contributed by atoms with E-state index >= 15 is 0 Å². The van der Waals surface area contributed by atoms with Gasteiger partial charge >= 0.3 is 0 Å². The normalized spacial score (nSPS) is 12.5. The second-order valence-corrected chi connectivity index (χ2v) is 7.31. The minimum absolute atomic E-state index is 0.120. The van der Waals surface area contributed by atoms with Gasteiger partial charge in [0.05, 0.1) is 14.7 Å². The Hall–Kier alpha value is -0.220. The van der Waals surface area contributed by atoms with Crippen LogP contribution in [0.5, 0.6) is 0 Å². The van der Waals surface area contributed by atoms with Gasteiger partial charge in [0.2, 0.25) is 0 Å². The number of anilines is 1. The lowest BCUT2D eigenvalue weighted by Gasteiger charge is -2.17. The number of halogens is 3. The Morgan fingerprint density at radius 2 is 2.00 bits per heavy atom. The fourth-order valence-corrected chi connectivity index (χ4v) is 3.72. The molecule has 1 nitrogen and oxygen atoms in total. The summed E-state index contributed by atoms with van der Waals surface area (Å²) in [5.41, 5.74) is 3.32. The van der Waals surface area contributed by atoms with E-state index in [0.717, 1.165) is 24.4 Å². The average molecular weight is 365 g/mol. The van der Waals surface area contributed by atoms with Crippen LogP contribution in [0.1, 0.15) is 24.1 Å². The summed E-state index contributed by atoms with van der Waals surface area (Å²) in [6, 6.07) is 8.20. The van der Waals surface area contributed by atoms with Crippen LogP contribution in [0.4, 0.5) is 5.69 Å². The van der Waals surface area contributed by atoms with E-state index in [4.69, 9.17) is 23.2 Å². The summed E-state index contributed by atoms with van der Waals surface area (Å²) in [5, 5.41) is 3.46. The Labute approximate surface area is 129 Å². The van der Waals surface area contributed by atoms with Crippen molar-refractivity contribution in [1.29, 1.82) is 0 Å². The van der Waals surface area contributed by atoms with Gasteiger partial charge in [0.25, 0.3) is 0 Å². The van der Waals surface area contributed by atoms with Crippen LogP contribution in [-0.4, -0.2) is 0 Å². The maximum absolute atomic E-state index is 6.16. The maximum atomic E-state index is 6.16. The minimum Gasteiger partial charge on any atom is -0.378 e. The van der Waals surface area contributed by atoms with E-state index in [1.807, 2.05) is 12.1 Å². The van der Waals surface area contributed by atoms with Crippen LogP contribution < -0.4 is 5.32 Å². The third kappa shape index (κ3) is 3.21. The Balaban J connectivity index is 2.23. The van der Waals surface area contributed by atoms with E-state index in [9.17, 15) is 0 Å². The molecule has 1 atom stereocenters. The molecule has 5 heteroatoms. The zero-order valence-corrected chi connectivity index (χ0v) is 13.8. The fourth-order valence-electron chi connectivity index (χ4n) is 1.71. The highest BCUT2D eigenvalue weighted by Gasteiger charge is 2.14. The van der Waals surface area contributed by atoms with Gasteiger partial charge in [-0.1, -0.05) is 45.2 Å². The van der Waals surface area contributed by atoms with Crippen molar-refractivity contribution in [3.05, 3.63) is 48.5 Å². The second-order valence-electron chi connectivity index (χ2n) is 4.10. The molecular weight excluding hydrogens is 353 g/mol. The molecule has 96 valence electrons. The van der Waals surface area contributed by atoms with Gasteiger partial charge in [-0.3, -0.25) is 0 Å². The predicted molar refractivity (Wildman–Crippen MR) is 85.3 cm³/mol. The Morgan fingerprint density at radius 1 is 1.28 bits per heavy atom. The van der Waals surface area contributed by atoms with E-state index in [-0.39, 0.29) is 6.04 Å². The van der Waals surface area contributed by atoms with Crippen LogP contribution >= 0.6 is 50.5 Å². The average Bonchev–Trinajstić information content (AvgIpc) is 2.63. The van der Waals surface area contributed by atoms with E-state index in [1.165, 1.54) is 16.9 Å². The molecule has 0 amide bonds. The quantitative estimate of drug-likeness (QED) is 0.673. The molecule has 0 aliphatic heterocycles. The van der Waals surface area contributed by atoms with Gasteiger partial charge in [0.15, 0.2) is 0 Å². The summed E-state index contributed by atoms with van der Waals surface area (Å²) < 4.78 is 2.51. The summed E-state index contributed by atoms with van der Waals surface area (Å²) in [6.45, 7) is 4.15. The molecule has 1 N–H and O–H groups in total. The van der Waals surface area contributed by atoms with E-state index in [2.05, 4.69) is 47.2 Å². The van der Waals surface area contributed by atoms with Crippen molar-refractivity contribution in [3.8, 4) is 0 Å². The standard InChI is InChI=1S/C13H12BrCl2NS/c1-7-3-4-9(14)5-11(7)17-8(2)10-6-12(15)18-13(10)16/h3-6,8,17H,1-2H3. The summed E-state index contributed by atoms with van der Waals surface area (Å²) in [7, 11) is 0. The first-order valence-electron chi connectivity index (χ1n) is 5.45. The molecule has 0 aliphatic carbocycles. The molecule has 0 radical (unpaired) electrons. The lowest BCUT2D eigenvalue weighted by Crippen LogP contribution is -2.07. The van der Waals surface area contributed by atoms with Gasteiger partial charge in [0.1, 0.15) is 0 Å². The van der Waals surface area contributed by atoms with Crippen molar-refractivity contribution < 1.29 is 0 Å². The Bertz CT molecular complexity index is 568. The summed E-state index contributed by atoms with van der Waals surface area (Å²) in [5.74, 6) is 0. The zero-order valence-electron chi connectivity index (χ0n) is 9.93. The predicted octanol–water partition coefficient (Wildman–Crippen LogP) is 6.30. The molecule has 0 fully saturated rings. The first-order chi connectivity index (χ1) is 8.47. The van der Waals surface area contributed by atoms with Gasteiger partial charge in [-0.2, -0.15) is 0 Å². The highest BCUT2D eigenvalue weighted by molar-refractivity contribution is 9.10. The van der Waals surface area contributed by atoms with E-state index in [0.29, 0.717) is 0 Å². The smallest absolute Gasteiger partial charge is 0.0996 e. The summed E-state index contributed by atoms with van der Waals surface area (Å²) in [4.78, 5) is 0. The number of hydrogen-bond donors (Lipinski definition) is 1. The first kappa shape index (κ1) is 14.2. The number of aryl methyl sites for hydroxylation is 1. The number of thiophene rings is 1. The maximum Gasteiger partial charge on any atom is 0.0996 e. The van der Waals surface area contributed by atoms with Crippen molar-refractivity contribution in [2.24, 2.45) is 0 Å². The lowest BCUT2D eigenvalue weighted by molar-refractivity contribution is 0.888. The third-order valence-electron chi connectivity index (χ3n) is 2.72. The second kappa shape index (κ2) is 5.83. The van der Waals surface area contributed by atoms with Crippen LogP contribution in [0.25, 0.3) is 0 Å². The first-order valence-corrected chi connectivity index (χ1v) is 7.81. The monoisotopic (exact) mass is 363 g/mol. The van der Waals surface area contributed by atoms with Crippen LogP contribution in [0.2, 0.25) is 8.67 Å². The van der Waals surface area contributed by atoms with Crippen molar-refractivity contribution >= 4 is 56.2 Å². The van der Waals surface area contributed by atoms with Gasteiger partial charge in [-0.25, -0.2) is 0 Å². The molecule has 1 aromatic carbocycles. The number of hydrogen-bond acceptors (Lipinski definition) is 2. The molecule has 0 saturated heterocycles. The molecule has 2 rings (SSSR count). The zero-order chi connectivity index (χ0) is 13.3. The van der Waals surface area contributed by atoms with Gasteiger partial charge in [0, 0.05) is 15.7 Å². The lowest BCUT2D eigenvalue weighted by atomic mass is 10.1. The SMILES string of the molecule is Cc1ccc(Br)cc1NC(C)c1cc(Cl)sc1Cl. The molecule has 0 bridgehead atoms. The van der Waals surface area contributed by atoms with Gasteiger partial charge in [-0.15, -0.1) is 11.3 Å². The van der Waals surface area contributed by atoms with Crippen molar-refractivity contribution in [3.63, 3.8) is 0 Å². The molecule has 0 saturated carbocycles. The van der Waals surface area contributed by atoms with Crippen LogP contribution in [0.15, 0.2) is 28.7 Å². The van der Waals surface area contributed by atoms with Crippen molar-refractivity contribution in [2.75, 3.05) is 5.32 Å².